The molecule has 2 aromatic carbocycles. The smallest absolute Gasteiger partial charge is 0.486 e. The Hall–Kier alpha value is -3.67. The van der Waals surface area contributed by atoms with E-state index in [4.69, 9.17) is 4.74 Å². The van der Waals surface area contributed by atoms with Crippen LogP contribution in [0.4, 0.5) is 39.3 Å². The van der Waals surface area contributed by atoms with Gasteiger partial charge in [-0.25, -0.2) is 18.7 Å². The van der Waals surface area contributed by atoms with Crippen LogP contribution in [-0.4, -0.2) is 60.6 Å². The molecule has 0 spiro atoms. The molecule has 12 heteroatoms. The predicted octanol–water partition coefficient (Wildman–Crippen LogP) is 6.48. The molecule has 3 aromatic rings. The van der Waals surface area contributed by atoms with Gasteiger partial charge in [-0.05, 0) is 76.5 Å². The van der Waals surface area contributed by atoms with E-state index in [1.54, 1.807) is 18.2 Å². The van der Waals surface area contributed by atoms with Crippen LogP contribution in [0, 0.1) is 11.6 Å². The van der Waals surface area contributed by atoms with E-state index in [0.717, 1.165) is 25.4 Å². The Morgan fingerprint density at radius 3 is 2.50 bits per heavy atom. The number of ether oxygens (including phenoxy) is 2. The molecule has 0 bridgehead atoms. The summed E-state index contributed by atoms with van der Waals surface area (Å²) in [5, 5.41) is 2.84. The second-order valence-electron chi connectivity index (χ2n) is 10.3. The van der Waals surface area contributed by atoms with E-state index in [2.05, 4.69) is 24.9 Å². The summed E-state index contributed by atoms with van der Waals surface area (Å²) < 4.78 is 79.6. The topological polar surface area (TPSA) is 62.8 Å². The Balaban J connectivity index is 1.46. The van der Waals surface area contributed by atoms with Crippen LogP contribution in [0.3, 0.4) is 0 Å². The molecule has 0 saturated carbocycles. The zero-order chi connectivity index (χ0) is 28.6. The van der Waals surface area contributed by atoms with E-state index in [-0.39, 0.29) is 46.4 Å². The maximum atomic E-state index is 15.0. The Labute approximate surface area is 228 Å². The van der Waals surface area contributed by atoms with Gasteiger partial charge < -0.3 is 24.6 Å². The Kier molecular flexibility index (Phi) is 7.72. The predicted molar refractivity (Wildman–Crippen MR) is 141 cm³/mol. The molecule has 2 aliphatic rings. The third-order valence-corrected chi connectivity index (χ3v) is 7.21. The van der Waals surface area contributed by atoms with Crippen molar-refractivity contribution < 1.29 is 31.4 Å². The number of anilines is 3. The molecule has 7 nitrogen and oxygen atoms in total. The zero-order valence-electron chi connectivity index (χ0n) is 22.4. The Bertz CT molecular complexity index is 1380. The van der Waals surface area contributed by atoms with Gasteiger partial charge in [-0.2, -0.15) is 0 Å². The fourth-order valence-corrected chi connectivity index (χ4v) is 5.22. The zero-order valence-corrected chi connectivity index (χ0v) is 22.4. The summed E-state index contributed by atoms with van der Waals surface area (Å²) in [7, 11) is 1.97. The number of likely N-dealkylation sites (tertiary alicyclic amines) is 1. The fourth-order valence-electron chi connectivity index (χ4n) is 5.22. The molecule has 0 aliphatic carbocycles. The van der Waals surface area contributed by atoms with Gasteiger partial charge in [0.1, 0.15) is 18.1 Å². The number of alkyl halides is 3. The van der Waals surface area contributed by atoms with Gasteiger partial charge in [0.2, 0.25) is 5.95 Å². The van der Waals surface area contributed by atoms with Crippen molar-refractivity contribution in [2.24, 2.45) is 0 Å². The van der Waals surface area contributed by atoms with Gasteiger partial charge in [0.25, 0.3) is 0 Å². The first kappa shape index (κ1) is 27.9. The highest BCUT2D eigenvalue weighted by Gasteiger charge is 2.34. The van der Waals surface area contributed by atoms with Gasteiger partial charge in [-0.3, -0.25) is 0 Å². The average Bonchev–Trinajstić information content (AvgIpc) is 2.89. The number of halogens is 5. The highest BCUT2D eigenvalue weighted by atomic mass is 19.4. The van der Waals surface area contributed by atoms with Gasteiger partial charge in [0.05, 0.1) is 18.4 Å². The first-order chi connectivity index (χ1) is 19.0. The van der Waals surface area contributed by atoms with E-state index in [9.17, 15) is 22.0 Å². The highest BCUT2D eigenvalue weighted by molar-refractivity contribution is 5.73. The monoisotopic (exact) mass is 563 g/mol. The number of rotatable bonds is 6. The van der Waals surface area contributed by atoms with E-state index < -0.39 is 18.0 Å². The summed E-state index contributed by atoms with van der Waals surface area (Å²) in [5.74, 6) is -1.79. The molecule has 1 aromatic heterocycles. The fraction of sp³-hybridized carbons (Fsp3) is 0.429. The number of hydrogen-bond donors (Lipinski definition) is 1. The van der Waals surface area contributed by atoms with Crippen molar-refractivity contribution in [2.45, 2.75) is 45.0 Å². The van der Waals surface area contributed by atoms with Gasteiger partial charge in [0, 0.05) is 23.4 Å². The minimum atomic E-state index is -4.87. The van der Waals surface area contributed by atoms with Gasteiger partial charge in [0.15, 0.2) is 17.4 Å². The van der Waals surface area contributed by atoms with Crippen molar-refractivity contribution in [3.63, 3.8) is 0 Å². The average molecular weight is 564 g/mol. The normalized spacial score (nSPS) is 16.6. The summed E-state index contributed by atoms with van der Waals surface area (Å²) in [6.45, 7) is 6.33. The lowest BCUT2D eigenvalue weighted by Gasteiger charge is -2.34. The number of nitrogens with zero attached hydrogens (tertiary/aromatic N) is 4. The molecule has 2 aliphatic heterocycles. The van der Waals surface area contributed by atoms with E-state index in [1.807, 2.05) is 25.8 Å². The number of piperidine rings is 1. The maximum Gasteiger partial charge on any atom is 0.573 e. The van der Waals surface area contributed by atoms with Gasteiger partial charge in [-0.1, -0.05) is 6.07 Å². The van der Waals surface area contributed by atoms with Crippen LogP contribution in [0.25, 0.3) is 11.3 Å². The van der Waals surface area contributed by atoms with Crippen LogP contribution in [-0.2, 0) is 0 Å². The molecule has 0 radical (unpaired) electrons. The molecule has 0 unspecified atom stereocenters. The summed E-state index contributed by atoms with van der Waals surface area (Å²) >= 11 is 0. The lowest BCUT2D eigenvalue weighted by Crippen LogP contribution is -2.38. The van der Waals surface area contributed by atoms with Crippen molar-refractivity contribution in [2.75, 3.05) is 43.5 Å². The summed E-state index contributed by atoms with van der Waals surface area (Å²) in [6.07, 6.45) is -2.53. The van der Waals surface area contributed by atoms with Crippen LogP contribution >= 0.6 is 0 Å². The molecular weight excluding hydrogens is 533 g/mol. The summed E-state index contributed by atoms with van der Waals surface area (Å²) in [6, 6.07) is 7.25. The molecule has 5 rings (SSSR count). The van der Waals surface area contributed by atoms with Crippen LogP contribution in [0.1, 0.15) is 38.2 Å². The van der Waals surface area contributed by atoms with Gasteiger partial charge >= 0.3 is 6.36 Å². The molecule has 214 valence electrons. The van der Waals surface area contributed by atoms with E-state index in [0.29, 0.717) is 37.2 Å². The molecule has 0 amide bonds. The summed E-state index contributed by atoms with van der Waals surface area (Å²) in [4.78, 5) is 12.3. The Morgan fingerprint density at radius 1 is 1.05 bits per heavy atom. The minimum absolute atomic E-state index is 0.0513. The lowest BCUT2D eigenvalue weighted by atomic mass is 9.89. The van der Waals surface area contributed by atoms with Crippen molar-refractivity contribution in [1.29, 1.82) is 0 Å². The third-order valence-electron chi connectivity index (χ3n) is 7.21. The van der Waals surface area contributed by atoms with Crippen LogP contribution in [0.2, 0.25) is 0 Å². The number of benzene rings is 2. The quantitative estimate of drug-likeness (QED) is 0.345. The SMILES string of the molecule is CC(C)N1CCOc2c(F)cc(-c3nc(Nc4ccc(C5CCN(C)CC5)c(OC(F)(F)F)c4)ncc3F)cc21. The first-order valence-corrected chi connectivity index (χ1v) is 13.1. The largest absolute Gasteiger partial charge is 0.573 e. The number of aromatic nitrogens is 2. The van der Waals surface area contributed by atoms with Crippen LogP contribution in [0.5, 0.6) is 11.5 Å². The molecule has 3 heterocycles. The first-order valence-electron chi connectivity index (χ1n) is 13.1. The molecule has 1 fully saturated rings. The second kappa shape index (κ2) is 11.1. The minimum Gasteiger partial charge on any atom is -0.486 e. The Morgan fingerprint density at radius 2 is 1.80 bits per heavy atom. The molecular formula is C28H30F5N5O2. The van der Waals surface area contributed by atoms with Crippen molar-refractivity contribution >= 4 is 17.3 Å². The highest BCUT2D eigenvalue weighted by Crippen LogP contribution is 2.41. The van der Waals surface area contributed by atoms with Crippen LogP contribution in [0.15, 0.2) is 36.5 Å². The van der Waals surface area contributed by atoms with E-state index >= 15 is 0 Å². The van der Waals surface area contributed by atoms with Gasteiger partial charge in [-0.15, -0.1) is 13.2 Å². The van der Waals surface area contributed by atoms with E-state index in [1.165, 1.54) is 6.07 Å². The van der Waals surface area contributed by atoms with Crippen LogP contribution < -0.4 is 19.7 Å². The molecule has 40 heavy (non-hydrogen) atoms. The second-order valence-corrected chi connectivity index (χ2v) is 10.3. The molecule has 1 saturated heterocycles. The summed E-state index contributed by atoms with van der Waals surface area (Å²) in [5.41, 5.74) is 1.20. The number of hydrogen-bond acceptors (Lipinski definition) is 7. The third kappa shape index (κ3) is 6.06. The van der Waals surface area contributed by atoms with Crippen molar-refractivity contribution in [3.8, 4) is 22.8 Å². The standard InChI is InChI=1S/C28H30F5N5O2/c1-16(2)38-10-11-39-26-21(29)12-18(13-23(26)38)25-22(30)15-34-27(36-25)35-19-4-5-20(17-6-8-37(3)9-7-17)24(14-19)40-28(31,32)33/h4-5,12-17H,6-11H2,1-3H3,(H,34,35,36). The van der Waals surface area contributed by atoms with Crippen molar-refractivity contribution in [1.82, 2.24) is 14.9 Å². The lowest BCUT2D eigenvalue weighted by molar-refractivity contribution is -0.275. The number of nitrogens with one attached hydrogen (secondary N) is 1. The molecule has 0 atom stereocenters. The number of fused-ring (bicyclic) bond motifs is 1. The van der Waals surface area contributed by atoms with Crippen molar-refractivity contribution in [3.05, 3.63) is 53.7 Å². The maximum absolute atomic E-state index is 15.0. The molecule has 1 N–H and O–H groups in total.